The number of aromatic hydroxyl groups is 1. The molecule has 2 N–H and O–H groups in total. The molecule has 0 aliphatic rings. The molecular formula is C17H22N2O4. The van der Waals surface area contributed by atoms with Crippen LogP contribution in [0.1, 0.15) is 50.8 Å². The molecule has 6 heteroatoms. The van der Waals surface area contributed by atoms with Crippen molar-refractivity contribution in [3.8, 4) is 17.2 Å². The minimum atomic E-state index is -0.721. The standard InChI is InChI=1S/C17H22N2O4/c20-14-10-8-7-9-13(14)17-19-18-15(23-17)11-5-3-1-2-4-6-12-16(21)22/h7-10,20H,1-6,11-12H2,(H,21,22). The van der Waals surface area contributed by atoms with Crippen molar-refractivity contribution in [1.29, 1.82) is 0 Å². The normalized spacial score (nSPS) is 10.8. The Bertz CT molecular complexity index is 625. The van der Waals surface area contributed by atoms with E-state index in [9.17, 15) is 9.90 Å². The Balaban J connectivity index is 1.66. The van der Waals surface area contributed by atoms with Gasteiger partial charge in [0.2, 0.25) is 5.89 Å². The summed E-state index contributed by atoms with van der Waals surface area (Å²) in [6.45, 7) is 0. The molecule has 0 atom stereocenters. The number of aromatic nitrogens is 2. The summed E-state index contributed by atoms with van der Waals surface area (Å²) < 4.78 is 5.57. The molecule has 0 fully saturated rings. The predicted molar refractivity (Wildman–Crippen MR) is 85.1 cm³/mol. The number of carbonyl (C=O) groups is 1. The topological polar surface area (TPSA) is 96.5 Å². The summed E-state index contributed by atoms with van der Waals surface area (Å²) in [5, 5.41) is 26.3. The van der Waals surface area contributed by atoms with Gasteiger partial charge in [-0.05, 0) is 25.0 Å². The van der Waals surface area contributed by atoms with Crippen LogP contribution in [0.25, 0.3) is 11.5 Å². The fourth-order valence-corrected chi connectivity index (χ4v) is 2.38. The quantitative estimate of drug-likeness (QED) is 0.647. The monoisotopic (exact) mass is 318 g/mol. The number of phenols is 1. The van der Waals surface area contributed by atoms with Gasteiger partial charge in [0, 0.05) is 12.8 Å². The van der Waals surface area contributed by atoms with E-state index in [0.29, 0.717) is 17.3 Å². The zero-order chi connectivity index (χ0) is 16.5. The lowest BCUT2D eigenvalue weighted by Gasteiger charge is -2.00. The lowest BCUT2D eigenvalue weighted by atomic mass is 10.1. The highest BCUT2D eigenvalue weighted by atomic mass is 16.4. The number of phenolic OH excluding ortho intramolecular Hbond substituents is 1. The lowest BCUT2D eigenvalue weighted by Crippen LogP contribution is -1.93. The third-order valence-electron chi connectivity index (χ3n) is 3.63. The summed E-state index contributed by atoms with van der Waals surface area (Å²) >= 11 is 0. The molecule has 2 aromatic rings. The molecule has 0 aliphatic carbocycles. The van der Waals surface area contributed by atoms with Gasteiger partial charge in [-0.2, -0.15) is 0 Å². The van der Waals surface area contributed by atoms with Gasteiger partial charge in [-0.25, -0.2) is 0 Å². The highest BCUT2D eigenvalue weighted by Gasteiger charge is 2.11. The van der Waals surface area contributed by atoms with Crippen molar-refractivity contribution < 1.29 is 19.4 Å². The molecule has 6 nitrogen and oxygen atoms in total. The molecule has 0 saturated carbocycles. The lowest BCUT2D eigenvalue weighted by molar-refractivity contribution is -0.137. The average Bonchev–Trinajstić information content (AvgIpc) is 2.98. The number of para-hydroxylation sites is 1. The van der Waals surface area contributed by atoms with E-state index < -0.39 is 5.97 Å². The van der Waals surface area contributed by atoms with E-state index in [-0.39, 0.29) is 12.2 Å². The summed E-state index contributed by atoms with van der Waals surface area (Å²) in [4.78, 5) is 10.4. The first-order valence-corrected chi connectivity index (χ1v) is 7.99. The van der Waals surface area contributed by atoms with Crippen LogP contribution in [0, 0.1) is 0 Å². The molecule has 0 amide bonds. The number of benzene rings is 1. The smallest absolute Gasteiger partial charge is 0.303 e. The number of hydrogen-bond acceptors (Lipinski definition) is 5. The molecule has 1 heterocycles. The fraction of sp³-hybridized carbons (Fsp3) is 0.471. The van der Waals surface area contributed by atoms with Crippen LogP contribution in [0.3, 0.4) is 0 Å². The molecule has 1 aromatic carbocycles. The SMILES string of the molecule is O=C(O)CCCCCCCCc1nnc(-c2ccccc2O)o1. The van der Waals surface area contributed by atoms with Crippen LogP contribution in [-0.2, 0) is 11.2 Å². The maximum absolute atomic E-state index is 10.4. The number of hydrogen-bond donors (Lipinski definition) is 2. The second-order valence-corrected chi connectivity index (χ2v) is 5.53. The van der Waals surface area contributed by atoms with Crippen LogP contribution >= 0.6 is 0 Å². The number of aryl methyl sites for hydroxylation is 1. The molecular weight excluding hydrogens is 296 g/mol. The number of carboxylic acids is 1. The highest BCUT2D eigenvalue weighted by molar-refractivity contribution is 5.66. The molecule has 0 aliphatic heterocycles. The zero-order valence-corrected chi connectivity index (χ0v) is 13.1. The molecule has 0 unspecified atom stereocenters. The Hall–Kier alpha value is -2.37. The summed E-state index contributed by atoms with van der Waals surface area (Å²) in [5.74, 6) is 0.326. The third kappa shape index (κ3) is 5.73. The minimum absolute atomic E-state index is 0.129. The minimum Gasteiger partial charge on any atom is -0.507 e. The number of rotatable bonds is 10. The Morgan fingerprint density at radius 1 is 1.00 bits per heavy atom. The molecule has 1 aromatic heterocycles. The van der Waals surface area contributed by atoms with E-state index >= 15 is 0 Å². The maximum atomic E-state index is 10.4. The van der Waals surface area contributed by atoms with E-state index in [1.807, 2.05) is 6.07 Å². The van der Waals surface area contributed by atoms with Crippen LogP contribution in [0.2, 0.25) is 0 Å². The molecule has 0 radical (unpaired) electrons. The molecule has 0 spiro atoms. The van der Waals surface area contributed by atoms with E-state index in [1.54, 1.807) is 18.2 Å². The Kier molecular flexibility index (Phi) is 6.59. The van der Waals surface area contributed by atoms with Gasteiger partial charge in [-0.1, -0.05) is 37.8 Å². The van der Waals surface area contributed by atoms with Crippen LogP contribution < -0.4 is 0 Å². The Morgan fingerprint density at radius 3 is 2.43 bits per heavy atom. The van der Waals surface area contributed by atoms with Gasteiger partial charge in [-0.15, -0.1) is 10.2 Å². The number of aliphatic carboxylic acids is 1. The van der Waals surface area contributed by atoms with E-state index in [2.05, 4.69) is 10.2 Å². The van der Waals surface area contributed by atoms with Gasteiger partial charge in [0.1, 0.15) is 5.75 Å². The van der Waals surface area contributed by atoms with Crippen LogP contribution in [0.4, 0.5) is 0 Å². The van der Waals surface area contributed by atoms with E-state index in [0.717, 1.165) is 44.9 Å². The van der Waals surface area contributed by atoms with Crippen molar-refractivity contribution in [2.45, 2.75) is 51.4 Å². The third-order valence-corrected chi connectivity index (χ3v) is 3.63. The maximum Gasteiger partial charge on any atom is 0.303 e. The second-order valence-electron chi connectivity index (χ2n) is 5.53. The summed E-state index contributed by atoms with van der Waals surface area (Å²) in [6, 6.07) is 6.88. The van der Waals surface area contributed by atoms with E-state index in [1.165, 1.54) is 0 Å². The highest BCUT2D eigenvalue weighted by Crippen LogP contribution is 2.27. The van der Waals surface area contributed by atoms with Crippen molar-refractivity contribution in [3.63, 3.8) is 0 Å². The molecule has 0 bridgehead atoms. The molecule has 2 rings (SSSR count). The van der Waals surface area contributed by atoms with Gasteiger partial charge in [0.25, 0.3) is 5.89 Å². The Labute approximate surface area is 135 Å². The van der Waals surface area contributed by atoms with E-state index in [4.69, 9.17) is 9.52 Å². The first-order chi connectivity index (χ1) is 11.2. The first-order valence-electron chi connectivity index (χ1n) is 7.99. The van der Waals surface area contributed by atoms with Crippen molar-refractivity contribution in [3.05, 3.63) is 30.2 Å². The summed E-state index contributed by atoms with van der Waals surface area (Å²) in [5.41, 5.74) is 0.546. The largest absolute Gasteiger partial charge is 0.507 e. The first kappa shape index (κ1) is 17.0. The number of nitrogens with zero attached hydrogens (tertiary/aromatic N) is 2. The molecule has 23 heavy (non-hydrogen) atoms. The predicted octanol–water partition coefficient (Wildman–Crippen LogP) is 3.80. The van der Waals surface area contributed by atoms with Crippen molar-refractivity contribution in [1.82, 2.24) is 10.2 Å². The molecule has 0 saturated heterocycles. The van der Waals surface area contributed by atoms with Gasteiger partial charge in [-0.3, -0.25) is 4.79 Å². The van der Waals surface area contributed by atoms with Gasteiger partial charge in [0.05, 0.1) is 5.56 Å². The summed E-state index contributed by atoms with van der Waals surface area (Å²) in [7, 11) is 0. The number of carboxylic acid groups (broad SMARTS) is 1. The van der Waals surface area contributed by atoms with Crippen LogP contribution in [-0.4, -0.2) is 26.4 Å². The zero-order valence-electron chi connectivity index (χ0n) is 13.1. The summed E-state index contributed by atoms with van der Waals surface area (Å²) in [6.07, 6.45) is 6.85. The number of unbranched alkanes of at least 4 members (excludes halogenated alkanes) is 5. The fourth-order valence-electron chi connectivity index (χ4n) is 2.38. The van der Waals surface area contributed by atoms with Gasteiger partial charge >= 0.3 is 5.97 Å². The average molecular weight is 318 g/mol. The van der Waals surface area contributed by atoms with Crippen molar-refractivity contribution in [2.24, 2.45) is 0 Å². The van der Waals surface area contributed by atoms with Gasteiger partial charge in [0.15, 0.2) is 0 Å². The van der Waals surface area contributed by atoms with Gasteiger partial charge < -0.3 is 14.6 Å². The van der Waals surface area contributed by atoms with Crippen LogP contribution in [0.5, 0.6) is 5.75 Å². The second kappa shape index (κ2) is 8.92. The van der Waals surface area contributed by atoms with Crippen LogP contribution in [0.15, 0.2) is 28.7 Å². The molecule has 124 valence electrons. The Morgan fingerprint density at radius 2 is 1.70 bits per heavy atom. The van der Waals surface area contributed by atoms with Crippen molar-refractivity contribution >= 4 is 5.97 Å². The van der Waals surface area contributed by atoms with Crippen molar-refractivity contribution in [2.75, 3.05) is 0 Å².